The van der Waals surface area contributed by atoms with Crippen LogP contribution in [0.3, 0.4) is 0 Å². The van der Waals surface area contributed by atoms with Crippen molar-refractivity contribution in [3.63, 3.8) is 0 Å². The number of rotatable bonds is 13. The van der Waals surface area contributed by atoms with Crippen molar-refractivity contribution in [3.05, 3.63) is 0 Å². The first-order chi connectivity index (χ1) is 18.2. The number of hydrogen-bond donors (Lipinski definition) is 0. The number of ether oxygens (including phenoxy) is 7. The van der Waals surface area contributed by atoms with Gasteiger partial charge < -0.3 is 33.2 Å². The van der Waals surface area contributed by atoms with Crippen molar-refractivity contribution in [2.45, 2.75) is 90.9 Å². The molecule has 0 aromatic heterocycles. The lowest BCUT2D eigenvalue weighted by Crippen LogP contribution is -2.63. The number of carbonyl (C=O) groups is 5. The molecule has 0 N–H and O–H groups in total. The van der Waals surface area contributed by atoms with Gasteiger partial charge in [0.25, 0.3) is 0 Å². The van der Waals surface area contributed by atoms with Gasteiger partial charge in [0.1, 0.15) is 12.7 Å². The summed E-state index contributed by atoms with van der Waals surface area (Å²) in [5, 5.41) is 0. The SMILES string of the molecule is [2H]CC(=O)OC[C@H]1OC(OCCCCCC(=O)OCC)[C@@H](OC(=O)C[2H])[C@@H](OC(=O)C[2H])[C@@H]1OC(=O)C[2H]. The summed E-state index contributed by atoms with van der Waals surface area (Å²) in [4.78, 5) is 59.0. The summed E-state index contributed by atoms with van der Waals surface area (Å²) in [6, 6.07) is 0. The number of unbranched alkanes of at least 4 members (excludes halogenated alkanes) is 2. The van der Waals surface area contributed by atoms with E-state index >= 15 is 0 Å². The molecule has 1 unspecified atom stereocenters. The Morgan fingerprint density at radius 3 is 2.00 bits per heavy atom. The van der Waals surface area contributed by atoms with Crippen LogP contribution < -0.4 is 0 Å². The van der Waals surface area contributed by atoms with Gasteiger partial charge in [-0.15, -0.1) is 0 Å². The van der Waals surface area contributed by atoms with Crippen LogP contribution in [0.1, 0.15) is 65.7 Å². The minimum absolute atomic E-state index is 0.0257. The molecule has 1 saturated heterocycles. The highest BCUT2D eigenvalue weighted by Gasteiger charge is 2.52. The van der Waals surface area contributed by atoms with E-state index < -0.39 is 88.8 Å². The van der Waals surface area contributed by atoms with Crippen molar-refractivity contribution < 1.29 is 62.6 Å². The van der Waals surface area contributed by atoms with E-state index in [4.69, 9.17) is 38.6 Å². The highest BCUT2D eigenvalue weighted by atomic mass is 16.7. The third-order valence-electron chi connectivity index (χ3n) is 4.42. The molecule has 194 valence electrons. The fourth-order valence-corrected chi connectivity index (χ4v) is 3.16. The van der Waals surface area contributed by atoms with Crippen LogP contribution in [-0.2, 0) is 57.1 Å². The third kappa shape index (κ3) is 10.9. The first-order valence-electron chi connectivity index (χ1n) is 13.4. The van der Waals surface area contributed by atoms with Crippen LogP contribution in [0, 0.1) is 0 Å². The summed E-state index contributed by atoms with van der Waals surface area (Å²) in [5.74, 6) is -4.44. The summed E-state index contributed by atoms with van der Waals surface area (Å²) in [6.45, 7) is -1.74. The molecule has 0 aliphatic carbocycles. The molecule has 34 heavy (non-hydrogen) atoms. The van der Waals surface area contributed by atoms with E-state index in [1.165, 1.54) is 0 Å². The molecular formula is C22H34O12. The zero-order valence-electron chi connectivity index (χ0n) is 23.1. The van der Waals surface area contributed by atoms with Gasteiger partial charge in [-0.1, -0.05) is 6.42 Å². The Bertz CT molecular complexity index is 783. The molecule has 1 heterocycles. The van der Waals surface area contributed by atoms with Crippen molar-refractivity contribution in [1.82, 2.24) is 0 Å². The Balaban J connectivity index is 3.13. The van der Waals surface area contributed by atoms with Gasteiger partial charge in [-0.2, -0.15) is 0 Å². The van der Waals surface area contributed by atoms with Crippen LogP contribution in [-0.4, -0.2) is 80.4 Å². The Labute approximate surface area is 204 Å². The van der Waals surface area contributed by atoms with Gasteiger partial charge in [0, 0.05) is 46.1 Å². The molecule has 1 aliphatic rings. The Morgan fingerprint density at radius 1 is 0.765 bits per heavy atom. The molecule has 1 aliphatic heterocycles. The van der Waals surface area contributed by atoms with E-state index in [2.05, 4.69) is 0 Å². The van der Waals surface area contributed by atoms with E-state index in [0.29, 0.717) is 19.3 Å². The smallest absolute Gasteiger partial charge is 0.305 e. The predicted octanol–water partition coefficient (Wildman–Crippen LogP) is 1.21. The average molecular weight is 495 g/mol. The topological polar surface area (TPSA) is 150 Å². The maximum Gasteiger partial charge on any atom is 0.305 e. The molecule has 0 spiro atoms. The molecule has 5 atom stereocenters. The molecule has 0 radical (unpaired) electrons. The van der Waals surface area contributed by atoms with Crippen LogP contribution in [0.4, 0.5) is 0 Å². The predicted molar refractivity (Wildman–Crippen MR) is 113 cm³/mol. The molecule has 1 fully saturated rings. The van der Waals surface area contributed by atoms with Crippen LogP contribution in [0.5, 0.6) is 0 Å². The largest absolute Gasteiger partial charge is 0.466 e. The molecule has 1 rings (SSSR count). The van der Waals surface area contributed by atoms with Crippen molar-refractivity contribution in [1.29, 1.82) is 0 Å². The van der Waals surface area contributed by atoms with E-state index in [1.807, 2.05) is 0 Å². The number of esters is 5. The highest BCUT2D eigenvalue weighted by molar-refractivity contribution is 5.69. The summed E-state index contributed by atoms with van der Waals surface area (Å²) >= 11 is 0. The maximum atomic E-state index is 12.0. The monoisotopic (exact) mass is 494 g/mol. The number of hydrogen-bond acceptors (Lipinski definition) is 12. The van der Waals surface area contributed by atoms with Crippen molar-refractivity contribution >= 4 is 29.8 Å². The second-order valence-corrected chi connectivity index (χ2v) is 7.08. The average Bonchev–Trinajstić information content (AvgIpc) is 2.91. The molecule has 0 saturated carbocycles. The van der Waals surface area contributed by atoms with Gasteiger partial charge in [0.2, 0.25) is 0 Å². The maximum absolute atomic E-state index is 12.0. The lowest BCUT2D eigenvalue weighted by Gasteiger charge is -2.44. The normalized spacial score (nSPS) is 25.5. The number of carbonyl (C=O) groups excluding carboxylic acids is 5. The van der Waals surface area contributed by atoms with Gasteiger partial charge in [0.05, 0.1) is 6.61 Å². The molecule has 0 amide bonds. The molecule has 0 aromatic carbocycles. The zero-order valence-corrected chi connectivity index (χ0v) is 19.1. The van der Waals surface area contributed by atoms with Crippen LogP contribution >= 0.6 is 0 Å². The summed E-state index contributed by atoms with van der Waals surface area (Å²) in [7, 11) is 0. The quantitative estimate of drug-likeness (QED) is 0.206. The van der Waals surface area contributed by atoms with E-state index in [1.54, 1.807) is 6.92 Å². The lowest BCUT2D eigenvalue weighted by molar-refractivity contribution is -0.308. The molecule has 12 heteroatoms. The van der Waals surface area contributed by atoms with Gasteiger partial charge >= 0.3 is 29.8 Å². The van der Waals surface area contributed by atoms with Crippen molar-refractivity contribution in [2.75, 3.05) is 19.8 Å². The second kappa shape index (κ2) is 15.2. The van der Waals surface area contributed by atoms with E-state index in [-0.39, 0.29) is 25.6 Å². The van der Waals surface area contributed by atoms with E-state index in [0.717, 1.165) is 0 Å². The lowest BCUT2D eigenvalue weighted by atomic mass is 9.98. The first kappa shape index (κ1) is 23.0. The van der Waals surface area contributed by atoms with Crippen LogP contribution in [0.2, 0.25) is 0 Å². The fraction of sp³-hybridized carbons (Fsp3) is 0.773. The van der Waals surface area contributed by atoms with E-state index in [9.17, 15) is 24.0 Å². The molecule has 12 nitrogen and oxygen atoms in total. The van der Waals surface area contributed by atoms with Crippen molar-refractivity contribution in [2.24, 2.45) is 0 Å². The van der Waals surface area contributed by atoms with Gasteiger partial charge in [-0.25, -0.2) is 0 Å². The highest BCUT2D eigenvalue weighted by Crippen LogP contribution is 2.30. The minimum atomic E-state index is -1.60. The Hall–Kier alpha value is -2.73. The van der Waals surface area contributed by atoms with Crippen LogP contribution in [0.25, 0.3) is 0 Å². The van der Waals surface area contributed by atoms with Crippen molar-refractivity contribution in [3.8, 4) is 0 Å². The third-order valence-corrected chi connectivity index (χ3v) is 4.42. The Kier molecular flexibility index (Phi) is 10.3. The summed E-state index contributed by atoms with van der Waals surface area (Å²) in [5.41, 5.74) is 0. The van der Waals surface area contributed by atoms with Crippen LogP contribution in [0.15, 0.2) is 0 Å². The molecule has 0 bridgehead atoms. The first-order valence-corrected chi connectivity index (χ1v) is 10.5. The fourth-order valence-electron chi connectivity index (χ4n) is 3.16. The Morgan fingerprint density at radius 2 is 1.38 bits per heavy atom. The standard InChI is InChI=1S/C22H34O12/c1-6-28-18(27)10-8-7-9-11-29-22-21(33-16(5)26)20(32-15(4)25)19(31-14(3)24)17(34-22)12-30-13(2)23/h17,19-22H,6-12H2,1-5H3/t17-,19-,20+,21+,22?/m1/s1/i2D,3D,4D,5D. The minimum Gasteiger partial charge on any atom is -0.466 e. The molecular weight excluding hydrogens is 456 g/mol. The molecule has 0 aromatic rings. The van der Waals surface area contributed by atoms with Gasteiger partial charge in [-0.3, -0.25) is 24.0 Å². The van der Waals surface area contributed by atoms with Gasteiger partial charge in [0.15, 0.2) is 24.6 Å². The summed E-state index contributed by atoms with van der Waals surface area (Å²) in [6.07, 6.45) is -5.72. The second-order valence-electron chi connectivity index (χ2n) is 7.08. The van der Waals surface area contributed by atoms with Gasteiger partial charge in [-0.05, 0) is 19.8 Å². The summed E-state index contributed by atoms with van der Waals surface area (Å²) < 4.78 is 65.8. The zero-order chi connectivity index (χ0) is 28.5.